The van der Waals surface area contributed by atoms with Crippen molar-refractivity contribution in [3.63, 3.8) is 0 Å². The van der Waals surface area contributed by atoms with Crippen molar-refractivity contribution in [1.82, 2.24) is 24.7 Å². The van der Waals surface area contributed by atoms with E-state index in [2.05, 4.69) is 70.1 Å². The number of carbonyl (C=O) groups excluding carboxylic acids is 1. The Balaban J connectivity index is 0.884. The maximum absolute atomic E-state index is 12.8. The van der Waals surface area contributed by atoms with E-state index >= 15 is 0 Å². The van der Waals surface area contributed by atoms with Crippen LogP contribution in [0, 0.1) is 11.8 Å². The molecule has 274 valence electrons. The van der Waals surface area contributed by atoms with Gasteiger partial charge >= 0.3 is 6.09 Å². The highest BCUT2D eigenvalue weighted by molar-refractivity contribution is 8.00. The Morgan fingerprint density at radius 3 is 2.32 bits per heavy atom. The maximum Gasteiger partial charge on any atom is 0.410 e. The van der Waals surface area contributed by atoms with E-state index in [0.29, 0.717) is 17.9 Å². The first-order valence-corrected chi connectivity index (χ1v) is 20.4. The largest absolute Gasteiger partial charge is 0.444 e. The van der Waals surface area contributed by atoms with Crippen LogP contribution in [0.2, 0.25) is 0 Å². The summed E-state index contributed by atoms with van der Waals surface area (Å²) in [6, 6.07) is 9.79. The summed E-state index contributed by atoms with van der Waals surface area (Å²) in [4.78, 5) is 29.1. The van der Waals surface area contributed by atoms with E-state index in [-0.39, 0.29) is 17.6 Å². The van der Waals surface area contributed by atoms with E-state index in [4.69, 9.17) is 9.15 Å². The standard InChI is InChI=1S/C39H58N6O3S2/c1-38(2,3)32-23-40-33(47-32)26-49-34-24-42-36(50-34)41-22-27-14-20-45(21-15-27)31-16-18-44(19-17-31)25-28-8-10-29(11-9-28)35(30-12-13-30)43(7)37(46)48-39(4,5)6/h8-11,23-24,27,30-31,35H,12-22,25-26H2,1-7H3,(H,41,42). The molecule has 3 aromatic rings. The Morgan fingerprint density at radius 2 is 1.70 bits per heavy atom. The molecule has 4 heterocycles. The number of hydrogen-bond acceptors (Lipinski definition) is 10. The molecule has 9 nitrogen and oxygen atoms in total. The van der Waals surface area contributed by atoms with Crippen LogP contribution in [-0.4, -0.2) is 82.2 Å². The fourth-order valence-electron chi connectivity index (χ4n) is 7.21. The van der Waals surface area contributed by atoms with Gasteiger partial charge in [0.2, 0.25) is 5.89 Å². The smallest absolute Gasteiger partial charge is 0.410 e. The summed E-state index contributed by atoms with van der Waals surface area (Å²) >= 11 is 3.46. The highest BCUT2D eigenvalue weighted by atomic mass is 32.2. The molecule has 1 atom stereocenters. The molecule has 2 saturated heterocycles. The molecule has 3 fully saturated rings. The van der Waals surface area contributed by atoms with Crippen molar-refractivity contribution in [3.8, 4) is 0 Å². The minimum absolute atomic E-state index is 0.0220. The Labute approximate surface area is 307 Å². The summed E-state index contributed by atoms with van der Waals surface area (Å²) in [6.07, 6.45) is 10.9. The number of aromatic nitrogens is 2. The van der Waals surface area contributed by atoms with Gasteiger partial charge in [0.15, 0.2) is 5.13 Å². The van der Waals surface area contributed by atoms with Gasteiger partial charge in [-0.1, -0.05) is 56.4 Å². The highest BCUT2D eigenvalue weighted by Crippen LogP contribution is 2.44. The zero-order valence-corrected chi connectivity index (χ0v) is 32.9. The molecule has 1 saturated carbocycles. The van der Waals surface area contributed by atoms with Gasteiger partial charge in [0.25, 0.3) is 0 Å². The summed E-state index contributed by atoms with van der Waals surface area (Å²) < 4.78 is 12.8. The van der Waals surface area contributed by atoms with E-state index < -0.39 is 5.60 Å². The molecule has 2 aromatic heterocycles. The SMILES string of the molecule is CN(C(=O)OC(C)(C)C)C(c1ccc(CN2CCC(N3CCC(CNc4ncc(SCc5ncc(C(C)(C)C)o5)s4)CC3)CC2)cc1)C1CC1. The van der Waals surface area contributed by atoms with Gasteiger partial charge in [-0.05, 0) is 108 Å². The summed E-state index contributed by atoms with van der Waals surface area (Å²) in [5.74, 6) is 3.64. The molecule has 0 radical (unpaired) electrons. The Kier molecular flexibility index (Phi) is 11.9. The number of thioether (sulfide) groups is 1. The van der Waals surface area contributed by atoms with Crippen LogP contribution in [0.4, 0.5) is 9.93 Å². The highest BCUT2D eigenvalue weighted by Gasteiger charge is 2.38. The lowest BCUT2D eigenvalue weighted by Gasteiger charge is -2.42. The summed E-state index contributed by atoms with van der Waals surface area (Å²) in [5, 5.41) is 4.63. The molecule has 50 heavy (non-hydrogen) atoms. The third kappa shape index (κ3) is 10.3. The number of piperidine rings is 2. The first-order valence-electron chi connectivity index (χ1n) is 18.6. The van der Waals surface area contributed by atoms with Crippen molar-refractivity contribution in [2.24, 2.45) is 11.8 Å². The second kappa shape index (κ2) is 16.0. The number of likely N-dealkylation sites (tertiary alicyclic amines) is 2. The minimum Gasteiger partial charge on any atom is -0.444 e. The predicted molar refractivity (Wildman–Crippen MR) is 204 cm³/mol. The number of oxazole rings is 1. The predicted octanol–water partition coefficient (Wildman–Crippen LogP) is 8.83. The molecule has 1 aromatic carbocycles. The van der Waals surface area contributed by atoms with Crippen LogP contribution in [0.25, 0.3) is 0 Å². The van der Waals surface area contributed by atoms with Crippen molar-refractivity contribution >= 4 is 34.3 Å². The van der Waals surface area contributed by atoms with Gasteiger partial charge in [-0.2, -0.15) is 0 Å². The van der Waals surface area contributed by atoms with Crippen molar-refractivity contribution in [1.29, 1.82) is 0 Å². The fraction of sp³-hybridized carbons (Fsp3) is 0.667. The zero-order valence-electron chi connectivity index (χ0n) is 31.2. The monoisotopic (exact) mass is 722 g/mol. The van der Waals surface area contributed by atoms with Crippen molar-refractivity contribution in [2.75, 3.05) is 45.1 Å². The molecule has 2 aliphatic heterocycles. The second-order valence-electron chi connectivity index (χ2n) is 16.6. The summed E-state index contributed by atoms with van der Waals surface area (Å²) in [6.45, 7) is 18.9. The number of rotatable bonds is 12. The van der Waals surface area contributed by atoms with Crippen LogP contribution in [0.3, 0.4) is 0 Å². The molecule has 1 aliphatic carbocycles. The third-order valence-corrected chi connectivity index (χ3v) is 12.4. The molecule has 1 amide bonds. The molecule has 3 aliphatic rings. The number of nitrogens with one attached hydrogen (secondary N) is 1. The first-order chi connectivity index (χ1) is 23.8. The molecular weight excluding hydrogens is 665 g/mol. The van der Waals surface area contributed by atoms with Gasteiger partial charge in [-0.25, -0.2) is 14.8 Å². The number of nitrogens with zero attached hydrogens (tertiary/aromatic N) is 5. The van der Waals surface area contributed by atoms with Gasteiger partial charge in [-0.3, -0.25) is 4.90 Å². The number of anilines is 1. The van der Waals surface area contributed by atoms with Gasteiger partial charge < -0.3 is 24.3 Å². The van der Waals surface area contributed by atoms with Crippen LogP contribution in [-0.2, 0) is 22.4 Å². The van der Waals surface area contributed by atoms with Gasteiger partial charge in [0.1, 0.15) is 11.4 Å². The Morgan fingerprint density at radius 1 is 1.00 bits per heavy atom. The fourth-order valence-corrected chi connectivity index (χ4v) is 8.94. The molecule has 1 N–H and O–H groups in total. The van der Waals surface area contributed by atoms with Crippen LogP contribution in [0.1, 0.15) is 109 Å². The number of thiazole rings is 1. The van der Waals surface area contributed by atoms with Crippen molar-refractivity contribution < 1.29 is 13.9 Å². The maximum atomic E-state index is 12.8. The minimum atomic E-state index is -0.490. The number of carbonyl (C=O) groups is 1. The van der Waals surface area contributed by atoms with E-state index in [1.54, 1.807) is 23.1 Å². The summed E-state index contributed by atoms with van der Waals surface area (Å²) in [7, 11) is 1.89. The number of amides is 1. The molecule has 0 spiro atoms. The van der Waals surface area contributed by atoms with Crippen molar-refractivity contribution in [2.45, 2.75) is 120 Å². The number of hydrogen-bond donors (Lipinski definition) is 1. The molecule has 6 rings (SSSR count). The van der Waals surface area contributed by atoms with Crippen molar-refractivity contribution in [3.05, 3.63) is 59.4 Å². The van der Waals surface area contributed by atoms with E-state index in [1.807, 2.05) is 45.1 Å². The van der Waals surface area contributed by atoms with Gasteiger partial charge in [0.05, 0.1) is 28.4 Å². The third-order valence-electron chi connectivity index (χ3n) is 10.3. The lowest BCUT2D eigenvalue weighted by molar-refractivity contribution is 0.0199. The number of ether oxygens (including phenoxy) is 1. The molecule has 0 bridgehead atoms. The molecule has 1 unspecified atom stereocenters. The molecule has 11 heteroatoms. The van der Waals surface area contributed by atoms with Gasteiger partial charge in [-0.15, -0.1) is 11.8 Å². The number of benzene rings is 1. The lowest BCUT2D eigenvalue weighted by Crippen LogP contribution is -2.48. The van der Waals surface area contributed by atoms with Crippen LogP contribution in [0.5, 0.6) is 0 Å². The van der Waals surface area contributed by atoms with E-state index in [0.717, 1.165) is 48.7 Å². The molecular formula is C39H58N6O3S2. The quantitative estimate of drug-likeness (QED) is 0.184. The normalized spacial score (nSPS) is 19.4. The summed E-state index contributed by atoms with van der Waals surface area (Å²) in [5.41, 5.74) is 2.05. The lowest BCUT2D eigenvalue weighted by atomic mass is 9.93. The van der Waals surface area contributed by atoms with E-state index in [9.17, 15) is 4.79 Å². The second-order valence-corrected chi connectivity index (χ2v) is 18.9. The topological polar surface area (TPSA) is 87.0 Å². The Bertz CT molecular complexity index is 1520. The average molecular weight is 723 g/mol. The first kappa shape index (κ1) is 37.2. The zero-order chi connectivity index (χ0) is 35.5. The van der Waals surface area contributed by atoms with E-state index in [1.165, 1.54) is 67.0 Å². The van der Waals surface area contributed by atoms with Crippen LogP contribution >= 0.6 is 23.1 Å². The average Bonchev–Trinajstić information content (AvgIpc) is 3.58. The van der Waals surface area contributed by atoms with Gasteiger partial charge in [0, 0.05) is 31.6 Å². The van der Waals surface area contributed by atoms with Crippen LogP contribution < -0.4 is 5.32 Å². The van der Waals surface area contributed by atoms with Crippen LogP contribution in [0.15, 0.2) is 45.3 Å². The Hall–Kier alpha value is -2.60.